The Labute approximate surface area is 108 Å². The summed E-state index contributed by atoms with van der Waals surface area (Å²) in [6, 6.07) is 3.20. The second-order valence-electron chi connectivity index (χ2n) is 5.24. The van der Waals surface area contributed by atoms with Gasteiger partial charge in [0.15, 0.2) is 0 Å². The highest BCUT2D eigenvalue weighted by Crippen LogP contribution is 2.17. The lowest BCUT2D eigenvalue weighted by atomic mass is 9.93. The minimum absolute atomic E-state index is 0.0147. The van der Waals surface area contributed by atoms with E-state index in [-0.39, 0.29) is 11.2 Å². The van der Waals surface area contributed by atoms with E-state index in [4.69, 9.17) is 15.3 Å². The van der Waals surface area contributed by atoms with Crippen LogP contribution in [0.1, 0.15) is 37.1 Å². The average molecular weight is 254 g/mol. The molecule has 3 N–H and O–H groups in total. The van der Waals surface area contributed by atoms with Crippen molar-refractivity contribution in [3.05, 3.63) is 23.7 Å². The summed E-state index contributed by atoms with van der Waals surface area (Å²) in [5, 5.41) is 8.79. The number of carbonyl (C=O) groups is 1. The Kier molecular flexibility index (Phi) is 4.93. The number of hydrogen-bond acceptors (Lipinski definition) is 4. The number of carboxylic acid groups (broad SMARTS) is 1. The zero-order valence-corrected chi connectivity index (χ0v) is 11.3. The molecule has 0 saturated carbocycles. The summed E-state index contributed by atoms with van der Waals surface area (Å²) in [7, 11) is 0. The van der Waals surface area contributed by atoms with Gasteiger partial charge in [-0.3, -0.25) is 4.90 Å². The molecule has 0 amide bonds. The largest absolute Gasteiger partial charge is 0.475 e. The van der Waals surface area contributed by atoms with E-state index in [0.717, 1.165) is 13.1 Å². The van der Waals surface area contributed by atoms with Crippen molar-refractivity contribution in [1.29, 1.82) is 0 Å². The second kappa shape index (κ2) is 6.02. The van der Waals surface area contributed by atoms with Crippen molar-refractivity contribution in [3.63, 3.8) is 0 Å². The van der Waals surface area contributed by atoms with Gasteiger partial charge in [0.05, 0.1) is 6.54 Å². The molecule has 5 heteroatoms. The summed E-state index contributed by atoms with van der Waals surface area (Å²) in [6.07, 6.45) is 0. The molecule has 5 nitrogen and oxygen atoms in total. The summed E-state index contributed by atoms with van der Waals surface area (Å²) < 4.78 is 5.25. The fourth-order valence-corrected chi connectivity index (χ4v) is 1.75. The van der Waals surface area contributed by atoms with Crippen LogP contribution in [0, 0.1) is 5.41 Å². The molecule has 0 radical (unpaired) electrons. The van der Waals surface area contributed by atoms with E-state index in [1.165, 1.54) is 6.07 Å². The van der Waals surface area contributed by atoms with E-state index in [2.05, 4.69) is 25.7 Å². The van der Waals surface area contributed by atoms with E-state index in [9.17, 15) is 4.79 Å². The monoisotopic (exact) mass is 254 g/mol. The van der Waals surface area contributed by atoms with Gasteiger partial charge in [0.25, 0.3) is 0 Å². The maximum absolute atomic E-state index is 10.7. The van der Waals surface area contributed by atoms with Crippen LogP contribution < -0.4 is 5.73 Å². The van der Waals surface area contributed by atoms with Gasteiger partial charge in [0.1, 0.15) is 5.76 Å². The van der Waals surface area contributed by atoms with E-state index in [0.29, 0.717) is 18.8 Å². The van der Waals surface area contributed by atoms with Crippen molar-refractivity contribution in [2.45, 2.75) is 27.3 Å². The highest BCUT2D eigenvalue weighted by atomic mass is 16.4. The van der Waals surface area contributed by atoms with Crippen molar-refractivity contribution in [2.75, 3.05) is 19.6 Å². The van der Waals surface area contributed by atoms with Crippen molar-refractivity contribution in [2.24, 2.45) is 11.1 Å². The molecular weight excluding hydrogens is 232 g/mol. The van der Waals surface area contributed by atoms with Crippen molar-refractivity contribution in [1.82, 2.24) is 4.90 Å². The van der Waals surface area contributed by atoms with Gasteiger partial charge < -0.3 is 15.3 Å². The third-order valence-electron chi connectivity index (χ3n) is 2.90. The van der Waals surface area contributed by atoms with Crippen LogP contribution in [0.15, 0.2) is 16.5 Å². The first-order valence-electron chi connectivity index (χ1n) is 6.12. The number of nitrogens with zero attached hydrogens (tertiary/aromatic N) is 1. The zero-order valence-electron chi connectivity index (χ0n) is 11.3. The SMILES string of the molecule is CCN(Cc1ccc(C(=O)O)o1)CC(C)(C)CN. The second-order valence-corrected chi connectivity index (χ2v) is 5.24. The Morgan fingerprint density at radius 3 is 2.61 bits per heavy atom. The first-order chi connectivity index (χ1) is 8.38. The molecule has 1 heterocycles. The number of aromatic carboxylic acids is 1. The number of rotatable bonds is 7. The average Bonchev–Trinajstić information content (AvgIpc) is 2.76. The number of hydrogen-bond donors (Lipinski definition) is 2. The lowest BCUT2D eigenvalue weighted by Gasteiger charge is -2.30. The Hall–Kier alpha value is -1.33. The zero-order chi connectivity index (χ0) is 13.8. The Balaban J connectivity index is 2.65. The van der Waals surface area contributed by atoms with Crippen LogP contribution in [0.2, 0.25) is 0 Å². The van der Waals surface area contributed by atoms with Crippen LogP contribution in [-0.2, 0) is 6.54 Å². The van der Waals surface area contributed by atoms with Crippen LogP contribution in [-0.4, -0.2) is 35.6 Å². The molecular formula is C13H22N2O3. The number of carboxylic acids is 1. The van der Waals surface area contributed by atoms with Gasteiger partial charge in [-0.25, -0.2) is 4.79 Å². The van der Waals surface area contributed by atoms with Crippen molar-refractivity contribution < 1.29 is 14.3 Å². The number of nitrogens with two attached hydrogens (primary N) is 1. The Bertz CT molecular complexity index is 399. The predicted molar refractivity (Wildman–Crippen MR) is 69.5 cm³/mol. The molecule has 0 saturated heterocycles. The Morgan fingerprint density at radius 1 is 1.50 bits per heavy atom. The van der Waals surface area contributed by atoms with E-state index in [1.54, 1.807) is 6.07 Å². The van der Waals surface area contributed by atoms with Gasteiger partial charge in [-0.1, -0.05) is 20.8 Å². The van der Waals surface area contributed by atoms with Gasteiger partial charge >= 0.3 is 5.97 Å². The first kappa shape index (κ1) is 14.7. The summed E-state index contributed by atoms with van der Waals surface area (Å²) >= 11 is 0. The molecule has 0 unspecified atom stereocenters. The van der Waals surface area contributed by atoms with Gasteiger partial charge in [0.2, 0.25) is 5.76 Å². The standard InChI is InChI=1S/C13H22N2O3/c1-4-15(9-13(2,3)8-14)7-10-5-6-11(18-10)12(16)17/h5-6H,4,7-9,14H2,1-3H3,(H,16,17). The maximum Gasteiger partial charge on any atom is 0.371 e. The predicted octanol–water partition coefficient (Wildman–Crippen LogP) is 1.78. The molecule has 0 bridgehead atoms. The molecule has 0 spiro atoms. The fraction of sp³-hybridized carbons (Fsp3) is 0.615. The highest BCUT2D eigenvalue weighted by molar-refractivity contribution is 5.84. The van der Waals surface area contributed by atoms with Crippen LogP contribution in [0.4, 0.5) is 0 Å². The molecule has 18 heavy (non-hydrogen) atoms. The minimum atomic E-state index is -1.04. The van der Waals surface area contributed by atoms with Gasteiger partial charge in [-0.15, -0.1) is 0 Å². The minimum Gasteiger partial charge on any atom is -0.475 e. The third kappa shape index (κ3) is 4.16. The Morgan fingerprint density at radius 2 is 2.17 bits per heavy atom. The van der Waals surface area contributed by atoms with E-state index >= 15 is 0 Å². The first-order valence-corrected chi connectivity index (χ1v) is 6.12. The molecule has 0 aliphatic rings. The lowest BCUT2D eigenvalue weighted by Crippen LogP contribution is -2.38. The van der Waals surface area contributed by atoms with Crippen molar-refractivity contribution in [3.8, 4) is 0 Å². The molecule has 102 valence electrons. The molecule has 0 atom stereocenters. The summed E-state index contributed by atoms with van der Waals surface area (Å²) in [4.78, 5) is 12.9. The quantitative estimate of drug-likeness (QED) is 0.775. The molecule has 1 aromatic rings. The van der Waals surface area contributed by atoms with Crippen molar-refractivity contribution >= 4 is 5.97 Å². The number of furan rings is 1. The van der Waals surface area contributed by atoms with Crippen LogP contribution in [0.3, 0.4) is 0 Å². The van der Waals surface area contributed by atoms with Gasteiger partial charge in [-0.05, 0) is 30.6 Å². The van der Waals surface area contributed by atoms with E-state index < -0.39 is 5.97 Å². The van der Waals surface area contributed by atoms with Gasteiger partial charge in [-0.2, -0.15) is 0 Å². The summed E-state index contributed by atoms with van der Waals surface area (Å²) in [6.45, 7) is 9.22. The molecule has 0 aliphatic carbocycles. The smallest absolute Gasteiger partial charge is 0.371 e. The molecule has 1 rings (SSSR count). The third-order valence-corrected chi connectivity index (χ3v) is 2.90. The molecule has 1 aromatic heterocycles. The van der Waals surface area contributed by atoms with Crippen LogP contribution in [0.5, 0.6) is 0 Å². The topological polar surface area (TPSA) is 79.7 Å². The van der Waals surface area contributed by atoms with E-state index in [1.807, 2.05) is 0 Å². The lowest BCUT2D eigenvalue weighted by molar-refractivity contribution is 0.0657. The molecule has 0 aromatic carbocycles. The molecule has 0 fully saturated rings. The highest BCUT2D eigenvalue weighted by Gasteiger charge is 2.20. The summed E-state index contributed by atoms with van der Waals surface area (Å²) in [5.41, 5.74) is 5.76. The molecule has 0 aliphatic heterocycles. The normalized spacial score (nSPS) is 12.1. The van der Waals surface area contributed by atoms with Gasteiger partial charge in [0, 0.05) is 6.54 Å². The fourth-order valence-electron chi connectivity index (χ4n) is 1.75. The summed E-state index contributed by atoms with van der Waals surface area (Å²) in [5.74, 6) is -0.382. The maximum atomic E-state index is 10.7. The van der Waals surface area contributed by atoms with Crippen LogP contribution in [0.25, 0.3) is 0 Å². The van der Waals surface area contributed by atoms with Crippen LogP contribution >= 0.6 is 0 Å².